The van der Waals surface area contributed by atoms with Crippen LogP contribution in [-0.2, 0) is 0 Å². The van der Waals surface area contributed by atoms with Gasteiger partial charge in [0, 0.05) is 0 Å². The fraction of sp³-hybridized carbons (Fsp3) is 1.00. The van der Waals surface area contributed by atoms with Crippen molar-refractivity contribution in [3.63, 3.8) is 0 Å². The van der Waals surface area contributed by atoms with E-state index in [1.165, 1.54) is 6.42 Å². The monoisotopic (exact) mass is 159 g/mol. The van der Waals surface area contributed by atoms with Gasteiger partial charge in [0.2, 0.25) is 0 Å². The summed E-state index contributed by atoms with van der Waals surface area (Å²) in [5.41, 5.74) is 10.8. The molecule has 0 aliphatic heterocycles. The summed E-state index contributed by atoms with van der Waals surface area (Å²) in [5.74, 6) is 0.591. The topological polar surface area (TPSA) is 64.1 Å². The van der Waals surface area contributed by atoms with Crippen LogP contribution in [0.1, 0.15) is 19.8 Å². The summed E-state index contributed by atoms with van der Waals surface area (Å²) in [7, 11) is 0. The second-order valence-electron chi connectivity index (χ2n) is 3.04. The van der Waals surface area contributed by atoms with Gasteiger partial charge in [-0.05, 0) is 44.9 Å². The number of nitrogens with one attached hydrogen (secondary N) is 1. The molecular weight excluding hydrogens is 138 g/mol. The van der Waals surface area contributed by atoms with Gasteiger partial charge >= 0.3 is 0 Å². The Balaban J connectivity index is 2.89. The van der Waals surface area contributed by atoms with Gasteiger partial charge in [-0.25, -0.2) is 0 Å². The fourth-order valence-electron chi connectivity index (χ4n) is 0.826. The maximum atomic E-state index is 5.45. The molecule has 5 N–H and O–H groups in total. The molecule has 0 aromatic rings. The van der Waals surface area contributed by atoms with Crippen LogP contribution in [0, 0.1) is 5.92 Å². The van der Waals surface area contributed by atoms with Gasteiger partial charge < -0.3 is 16.8 Å². The van der Waals surface area contributed by atoms with E-state index in [-0.39, 0.29) is 0 Å². The Morgan fingerprint density at radius 1 is 1.27 bits per heavy atom. The number of nitrogens with two attached hydrogens (primary N) is 2. The Kier molecular flexibility index (Phi) is 7.89. The summed E-state index contributed by atoms with van der Waals surface area (Å²) in [6.07, 6.45) is 2.29. The molecule has 3 nitrogen and oxygen atoms in total. The quantitative estimate of drug-likeness (QED) is 0.455. The fourth-order valence-corrected chi connectivity index (χ4v) is 0.826. The molecule has 0 aliphatic rings. The smallest absolute Gasteiger partial charge is 0.00111 e. The van der Waals surface area contributed by atoms with Crippen LogP contribution in [0.15, 0.2) is 0 Å². The first-order valence-corrected chi connectivity index (χ1v) is 4.42. The maximum absolute atomic E-state index is 5.45. The third-order valence-corrected chi connectivity index (χ3v) is 1.70. The first-order valence-electron chi connectivity index (χ1n) is 4.42. The van der Waals surface area contributed by atoms with Gasteiger partial charge in [-0.1, -0.05) is 6.92 Å². The second-order valence-corrected chi connectivity index (χ2v) is 3.04. The molecule has 0 aromatic carbocycles. The number of hydrogen-bond donors (Lipinski definition) is 3. The van der Waals surface area contributed by atoms with E-state index in [4.69, 9.17) is 11.5 Å². The summed E-state index contributed by atoms with van der Waals surface area (Å²) >= 11 is 0. The van der Waals surface area contributed by atoms with Gasteiger partial charge in [0.25, 0.3) is 0 Å². The van der Waals surface area contributed by atoms with Gasteiger partial charge in [0.15, 0.2) is 0 Å². The van der Waals surface area contributed by atoms with Crippen LogP contribution in [0.25, 0.3) is 0 Å². The lowest BCUT2D eigenvalue weighted by Crippen LogP contribution is -2.27. The van der Waals surface area contributed by atoms with Crippen LogP contribution < -0.4 is 16.8 Å². The Morgan fingerprint density at radius 2 is 2.00 bits per heavy atom. The van der Waals surface area contributed by atoms with E-state index in [1.807, 2.05) is 0 Å². The molecule has 0 heterocycles. The van der Waals surface area contributed by atoms with Crippen molar-refractivity contribution in [3.05, 3.63) is 0 Å². The minimum absolute atomic E-state index is 0.591. The maximum Gasteiger partial charge on any atom is -0.00111 e. The Morgan fingerprint density at radius 3 is 2.55 bits per heavy atom. The normalized spacial score (nSPS) is 13.4. The molecule has 11 heavy (non-hydrogen) atoms. The lowest BCUT2D eigenvalue weighted by Gasteiger charge is -2.08. The SMILES string of the molecule is CC(CN)CNCCCCN. The second kappa shape index (κ2) is 7.98. The molecule has 1 atom stereocenters. The molecule has 0 saturated carbocycles. The lowest BCUT2D eigenvalue weighted by molar-refractivity contribution is 0.512. The predicted molar refractivity (Wildman–Crippen MR) is 49.4 cm³/mol. The van der Waals surface area contributed by atoms with Crippen molar-refractivity contribution in [2.75, 3.05) is 26.2 Å². The Bertz CT molecular complexity index is 75.7. The summed E-state index contributed by atoms with van der Waals surface area (Å²) in [6.45, 7) is 5.82. The minimum Gasteiger partial charge on any atom is -0.330 e. The highest BCUT2D eigenvalue weighted by Crippen LogP contribution is 1.88. The number of hydrogen-bond acceptors (Lipinski definition) is 3. The largest absolute Gasteiger partial charge is 0.330 e. The molecule has 0 aliphatic carbocycles. The molecule has 0 bridgehead atoms. The third kappa shape index (κ3) is 7.78. The van der Waals surface area contributed by atoms with Crippen molar-refractivity contribution >= 4 is 0 Å². The van der Waals surface area contributed by atoms with Gasteiger partial charge in [0.1, 0.15) is 0 Å². The van der Waals surface area contributed by atoms with Crippen LogP contribution in [0.2, 0.25) is 0 Å². The standard InChI is InChI=1S/C8H21N3/c1-8(6-10)7-11-5-3-2-4-9/h8,11H,2-7,9-10H2,1H3. The number of rotatable bonds is 7. The van der Waals surface area contributed by atoms with E-state index in [0.717, 1.165) is 32.6 Å². The summed E-state index contributed by atoms with van der Waals surface area (Å²) in [4.78, 5) is 0. The van der Waals surface area contributed by atoms with Crippen molar-refractivity contribution in [1.29, 1.82) is 0 Å². The molecule has 0 spiro atoms. The number of unbranched alkanes of at least 4 members (excludes halogenated alkanes) is 1. The van der Waals surface area contributed by atoms with Crippen LogP contribution in [0.3, 0.4) is 0 Å². The molecule has 68 valence electrons. The van der Waals surface area contributed by atoms with Crippen molar-refractivity contribution in [1.82, 2.24) is 5.32 Å². The zero-order chi connectivity index (χ0) is 8.53. The Labute approximate surface area is 69.5 Å². The lowest BCUT2D eigenvalue weighted by atomic mass is 10.2. The summed E-state index contributed by atoms with van der Waals surface area (Å²) < 4.78 is 0. The van der Waals surface area contributed by atoms with Crippen molar-refractivity contribution in [3.8, 4) is 0 Å². The molecule has 0 amide bonds. The molecular formula is C8H21N3. The third-order valence-electron chi connectivity index (χ3n) is 1.70. The zero-order valence-corrected chi connectivity index (χ0v) is 7.47. The van der Waals surface area contributed by atoms with E-state index in [2.05, 4.69) is 12.2 Å². The zero-order valence-electron chi connectivity index (χ0n) is 7.47. The van der Waals surface area contributed by atoms with E-state index >= 15 is 0 Å². The molecule has 0 radical (unpaired) electrons. The van der Waals surface area contributed by atoms with Crippen LogP contribution in [0.5, 0.6) is 0 Å². The van der Waals surface area contributed by atoms with E-state index in [9.17, 15) is 0 Å². The summed E-state index contributed by atoms with van der Waals surface area (Å²) in [5, 5.41) is 3.34. The van der Waals surface area contributed by atoms with Gasteiger partial charge in [-0.15, -0.1) is 0 Å². The first kappa shape index (κ1) is 10.9. The van der Waals surface area contributed by atoms with Crippen molar-refractivity contribution in [2.45, 2.75) is 19.8 Å². The van der Waals surface area contributed by atoms with Gasteiger partial charge in [0.05, 0.1) is 0 Å². The average molecular weight is 159 g/mol. The molecule has 3 heteroatoms. The van der Waals surface area contributed by atoms with E-state index < -0.39 is 0 Å². The van der Waals surface area contributed by atoms with Gasteiger partial charge in [-0.3, -0.25) is 0 Å². The minimum atomic E-state index is 0.591. The van der Waals surface area contributed by atoms with Gasteiger partial charge in [-0.2, -0.15) is 0 Å². The molecule has 1 unspecified atom stereocenters. The Hall–Kier alpha value is -0.120. The highest BCUT2D eigenvalue weighted by atomic mass is 14.9. The van der Waals surface area contributed by atoms with Crippen molar-refractivity contribution < 1.29 is 0 Å². The van der Waals surface area contributed by atoms with Crippen LogP contribution in [-0.4, -0.2) is 26.2 Å². The van der Waals surface area contributed by atoms with Crippen LogP contribution in [0.4, 0.5) is 0 Å². The van der Waals surface area contributed by atoms with Crippen molar-refractivity contribution in [2.24, 2.45) is 17.4 Å². The highest BCUT2D eigenvalue weighted by molar-refractivity contribution is 4.56. The van der Waals surface area contributed by atoms with Crippen LogP contribution >= 0.6 is 0 Å². The summed E-state index contributed by atoms with van der Waals surface area (Å²) in [6, 6.07) is 0. The highest BCUT2D eigenvalue weighted by Gasteiger charge is 1.96. The van der Waals surface area contributed by atoms with E-state index in [1.54, 1.807) is 0 Å². The first-order chi connectivity index (χ1) is 5.31. The molecule has 0 aromatic heterocycles. The predicted octanol–water partition coefficient (Wildman–Crippen LogP) is -0.0903. The van der Waals surface area contributed by atoms with E-state index in [0.29, 0.717) is 5.92 Å². The average Bonchev–Trinajstić information content (AvgIpc) is 2.04. The molecule has 0 fully saturated rings. The molecule has 0 saturated heterocycles. The molecule has 0 rings (SSSR count).